The molecule has 0 spiro atoms. The summed E-state index contributed by atoms with van der Waals surface area (Å²) in [5.74, 6) is 0.319. The third-order valence-corrected chi connectivity index (χ3v) is 4.38. The van der Waals surface area contributed by atoms with E-state index < -0.39 is 17.3 Å². The summed E-state index contributed by atoms with van der Waals surface area (Å²) in [4.78, 5) is 3.79. The Morgan fingerprint density at radius 3 is 2.62 bits per heavy atom. The number of pyridine rings is 1. The molecule has 21 heavy (non-hydrogen) atoms. The first-order valence-corrected chi connectivity index (χ1v) is 7.68. The molecule has 0 bridgehead atoms. The van der Waals surface area contributed by atoms with Gasteiger partial charge in [0.15, 0.2) is 0 Å². The van der Waals surface area contributed by atoms with Crippen molar-refractivity contribution in [1.82, 2.24) is 4.98 Å². The molecule has 3 nitrogen and oxygen atoms in total. The number of hydrogen-bond donors (Lipinski definition) is 2. The number of nitrogens with one attached hydrogen (secondary N) is 1. The molecular weight excluding hydrogens is 349 g/mol. The first-order valence-electron chi connectivity index (χ1n) is 6.89. The molecule has 0 amide bonds. The van der Waals surface area contributed by atoms with Gasteiger partial charge in [0.2, 0.25) is 0 Å². The molecule has 1 saturated carbocycles. The molecule has 1 aliphatic carbocycles. The van der Waals surface area contributed by atoms with Crippen LogP contribution in [-0.4, -0.2) is 22.2 Å². The van der Waals surface area contributed by atoms with Crippen LogP contribution in [0.1, 0.15) is 38.2 Å². The van der Waals surface area contributed by atoms with E-state index in [2.05, 4.69) is 33.2 Å². The molecule has 0 aliphatic heterocycles. The quantitative estimate of drug-likeness (QED) is 0.841. The minimum absolute atomic E-state index is 0.0808. The molecule has 118 valence electrons. The molecular formula is C14H18BrF3N2O. The first-order chi connectivity index (χ1) is 9.70. The molecule has 0 saturated heterocycles. The van der Waals surface area contributed by atoms with Crippen molar-refractivity contribution in [2.24, 2.45) is 5.92 Å². The zero-order valence-corrected chi connectivity index (χ0v) is 13.3. The second kappa shape index (κ2) is 6.12. The highest BCUT2D eigenvalue weighted by molar-refractivity contribution is 9.10. The van der Waals surface area contributed by atoms with Crippen LogP contribution < -0.4 is 5.32 Å². The van der Waals surface area contributed by atoms with Crippen LogP contribution in [0.2, 0.25) is 0 Å². The highest BCUT2D eigenvalue weighted by atomic mass is 79.9. The third-order valence-electron chi connectivity index (χ3n) is 3.95. The van der Waals surface area contributed by atoms with Gasteiger partial charge in [-0.15, -0.1) is 0 Å². The van der Waals surface area contributed by atoms with Gasteiger partial charge < -0.3 is 10.4 Å². The molecule has 1 aliphatic rings. The normalized spacial score (nSPS) is 26.7. The Morgan fingerprint density at radius 1 is 1.43 bits per heavy atom. The summed E-state index contributed by atoms with van der Waals surface area (Å²) < 4.78 is 39.2. The van der Waals surface area contributed by atoms with Crippen LogP contribution in [0.25, 0.3) is 0 Å². The van der Waals surface area contributed by atoms with E-state index in [-0.39, 0.29) is 16.8 Å². The monoisotopic (exact) mass is 366 g/mol. The van der Waals surface area contributed by atoms with Crippen molar-refractivity contribution in [3.63, 3.8) is 0 Å². The molecule has 0 atom stereocenters. The Bertz CT molecular complexity index is 499. The summed E-state index contributed by atoms with van der Waals surface area (Å²) in [6.45, 7) is 2.20. The van der Waals surface area contributed by atoms with E-state index in [1.54, 1.807) is 0 Å². The van der Waals surface area contributed by atoms with Crippen LogP contribution in [0.3, 0.4) is 0 Å². The Hall–Kier alpha value is -0.820. The molecule has 2 rings (SSSR count). The van der Waals surface area contributed by atoms with Gasteiger partial charge in [-0.2, -0.15) is 13.2 Å². The van der Waals surface area contributed by atoms with Crippen molar-refractivity contribution < 1.29 is 18.3 Å². The van der Waals surface area contributed by atoms with E-state index in [9.17, 15) is 18.3 Å². The highest BCUT2D eigenvalue weighted by Gasteiger charge is 2.36. The largest absolute Gasteiger partial charge is 0.419 e. The second-order valence-corrected chi connectivity index (χ2v) is 6.72. The lowest BCUT2D eigenvalue weighted by Gasteiger charge is -2.35. The fourth-order valence-electron chi connectivity index (χ4n) is 2.52. The molecule has 7 heteroatoms. The van der Waals surface area contributed by atoms with Gasteiger partial charge >= 0.3 is 6.18 Å². The van der Waals surface area contributed by atoms with Crippen molar-refractivity contribution in [2.75, 3.05) is 11.9 Å². The number of rotatable bonds is 3. The van der Waals surface area contributed by atoms with Crippen LogP contribution in [0, 0.1) is 5.92 Å². The fraction of sp³-hybridized carbons (Fsp3) is 0.643. The Labute approximate surface area is 130 Å². The van der Waals surface area contributed by atoms with E-state index in [4.69, 9.17) is 0 Å². The van der Waals surface area contributed by atoms with E-state index in [0.717, 1.165) is 18.9 Å². The van der Waals surface area contributed by atoms with Gasteiger partial charge in [-0.25, -0.2) is 4.98 Å². The maximum absolute atomic E-state index is 13.0. The molecule has 1 aromatic rings. The number of halogens is 4. The minimum Gasteiger partial charge on any atom is -0.388 e. The van der Waals surface area contributed by atoms with Crippen LogP contribution >= 0.6 is 15.9 Å². The predicted molar refractivity (Wildman–Crippen MR) is 78.0 cm³/mol. The zero-order valence-electron chi connectivity index (χ0n) is 11.7. The van der Waals surface area contributed by atoms with Crippen molar-refractivity contribution in [3.8, 4) is 0 Å². The molecule has 0 aromatic carbocycles. The number of alkyl halides is 3. The molecule has 0 unspecified atom stereocenters. The zero-order chi connectivity index (χ0) is 15.7. The average molecular weight is 367 g/mol. The Balaban J connectivity index is 2.10. The van der Waals surface area contributed by atoms with Crippen molar-refractivity contribution in [1.29, 1.82) is 0 Å². The maximum atomic E-state index is 13.0. The summed E-state index contributed by atoms with van der Waals surface area (Å²) in [6, 6.07) is 0.988. The summed E-state index contributed by atoms with van der Waals surface area (Å²) in [7, 11) is 0. The Kier molecular flexibility index (Phi) is 4.82. The second-order valence-electron chi connectivity index (χ2n) is 5.81. The molecule has 0 radical (unpaired) electrons. The van der Waals surface area contributed by atoms with Gasteiger partial charge in [0, 0.05) is 17.2 Å². The highest BCUT2D eigenvalue weighted by Crippen LogP contribution is 2.36. The molecule has 2 N–H and O–H groups in total. The lowest BCUT2D eigenvalue weighted by Crippen LogP contribution is -2.40. The number of nitrogens with zero attached hydrogens (tertiary/aromatic N) is 1. The van der Waals surface area contributed by atoms with E-state index in [0.29, 0.717) is 18.8 Å². The number of aliphatic hydroxyl groups is 1. The maximum Gasteiger partial charge on any atom is 0.419 e. The van der Waals surface area contributed by atoms with Crippen molar-refractivity contribution >= 4 is 21.7 Å². The molecule has 1 aromatic heterocycles. The van der Waals surface area contributed by atoms with Gasteiger partial charge in [0.25, 0.3) is 0 Å². The summed E-state index contributed by atoms with van der Waals surface area (Å²) >= 11 is 2.99. The molecule has 1 heterocycles. The fourth-order valence-corrected chi connectivity index (χ4v) is 2.85. The average Bonchev–Trinajstić information content (AvgIpc) is 2.40. The standard InChI is InChI=1S/C14H18BrF3N2O/c1-9-2-4-13(21,5-3-9)8-20-12-11(14(16,17)18)6-10(15)7-19-12/h6-7,9,21H,2-5,8H2,1H3,(H,19,20). The van der Waals surface area contributed by atoms with E-state index >= 15 is 0 Å². The summed E-state index contributed by atoms with van der Waals surface area (Å²) in [5.41, 5.74) is -1.78. The number of hydrogen-bond acceptors (Lipinski definition) is 3. The van der Waals surface area contributed by atoms with Gasteiger partial charge in [0.05, 0.1) is 11.2 Å². The number of aromatic nitrogens is 1. The van der Waals surface area contributed by atoms with Crippen LogP contribution in [0.15, 0.2) is 16.7 Å². The SMILES string of the molecule is CC1CCC(O)(CNc2ncc(Br)cc2C(F)(F)F)CC1. The third kappa shape index (κ3) is 4.32. The van der Waals surface area contributed by atoms with Crippen LogP contribution in [-0.2, 0) is 6.18 Å². The lowest BCUT2D eigenvalue weighted by molar-refractivity contribution is -0.137. The summed E-state index contributed by atoms with van der Waals surface area (Å²) in [6.07, 6.45) is -0.207. The number of anilines is 1. The minimum atomic E-state index is -4.48. The Morgan fingerprint density at radius 2 is 2.05 bits per heavy atom. The van der Waals surface area contributed by atoms with Gasteiger partial charge in [-0.3, -0.25) is 0 Å². The van der Waals surface area contributed by atoms with Crippen molar-refractivity contribution in [3.05, 3.63) is 22.3 Å². The predicted octanol–water partition coefficient (Wildman–Crippen LogP) is 4.22. The van der Waals surface area contributed by atoms with Gasteiger partial charge in [-0.1, -0.05) is 6.92 Å². The topological polar surface area (TPSA) is 45.1 Å². The summed E-state index contributed by atoms with van der Waals surface area (Å²) in [5, 5.41) is 13.1. The van der Waals surface area contributed by atoms with Gasteiger partial charge in [0.1, 0.15) is 5.82 Å². The van der Waals surface area contributed by atoms with E-state index in [1.165, 1.54) is 6.20 Å². The van der Waals surface area contributed by atoms with Crippen molar-refractivity contribution in [2.45, 2.75) is 44.4 Å². The van der Waals surface area contributed by atoms with Crippen LogP contribution in [0.5, 0.6) is 0 Å². The van der Waals surface area contributed by atoms with Crippen LogP contribution in [0.4, 0.5) is 19.0 Å². The van der Waals surface area contributed by atoms with E-state index in [1.807, 2.05) is 0 Å². The lowest BCUT2D eigenvalue weighted by atomic mass is 9.79. The first kappa shape index (κ1) is 16.5. The molecule has 1 fully saturated rings. The smallest absolute Gasteiger partial charge is 0.388 e. The van der Waals surface area contributed by atoms with Gasteiger partial charge in [-0.05, 0) is 53.6 Å².